The van der Waals surface area contributed by atoms with Crippen molar-refractivity contribution in [3.05, 3.63) is 48.0 Å². The summed E-state index contributed by atoms with van der Waals surface area (Å²) in [4.78, 5) is 12.0. The summed E-state index contributed by atoms with van der Waals surface area (Å²) in [7, 11) is 4.64. The van der Waals surface area contributed by atoms with Gasteiger partial charge in [0.05, 0.1) is 39.1 Å². The lowest BCUT2D eigenvalue weighted by Crippen LogP contribution is -2.29. The molecule has 0 aromatic heterocycles. The van der Waals surface area contributed by atoms with Crippen LogP contribution in [0.25, 0.3) is 0 Å². The minimum atomic E-state index is -0.388. The molecular formula is C19H20N2O4. The van der Waals surface area contributed by atoms with E-state index in [1.807, 2.05) is 24.3 Å². The van der Waals surface area contributed by atoms with E-state index in [9.17, 15) is 4.79 Å². The summed E-state index contributed by atoms with van der Waals surface area (Å²) in [6, 6.07) is 12.3. The Morgan fingerprint density at radius 2 is 1.68 bits per heavy atom. The molecule has 130 valence electrons. The number of ether oxygens (including phenoxy) is 3. The Kier molecular flexibility index (Phi) is 6.55. The number of carbonyl (C=O) groups is 1. The molecule has 0 aliphatic carbocycles. The summed E-state index contributed by atoms with van der Waals surface area (Å²) in [6.07, 6.45) is 0. The molecule has 0 aliphatic rings. The molecule has 2 amide bonds. The summed E-state index contributed by atoms with van der Waals surface area (Å²) in [5.41, 5.74) is 1.28. The van der Waals surface area contributed by atoms with Gasteiger partial charge >= 0.3 is 6.03 Å². The van der Waals surface area contributed by atoms with Gasteiger partial charge in [-0.2, -0.15) is 0 Å². The lowest BCUT2D eigenvalue weighted by Gasteiger charge is -2.13. The van der Waals surface area contributed by atoms with E-state index < -0.39 is 0 Å². The van der Waals surface area contributed by atoms with E-state index in [1.54, 1.807) is 25.3 Å². The van der Waals surface area contributed by atoms with Crippen molar-refractivity contribution in [3.8, 4) is 29.1 Å². The van der Waals surface area contributed by atoms with E-state index in [4.69, 9.17) is 14.2 Å². The number of benzene rings is 2. The molecule has 2 aromatic rings. The molecule has 25 heavy (non-hydrogen) atoms. The standard InChI is InChI=1S/C19H20N2O4/c1-23-16-11-5-4-8-14(16)9-7-13-20-19(22)21-15-10-6-12-17(24-2)18(15)25-3/h4-6,8,10-12H,13H2,1-3H3,(H2,20,21,22). The zero-order chi connectivity index (χ0) is 18.1. The third-order valence-electron chi connectivity index (χ3n) is 3.32. The first-order valence-electron chi connectivity index (χ1n) is 7.57. The number of hydrogen-bond acceptors (Lipinski definition) is 4. The molecule has 6 nitrogen and oxygen atoms in total. The van der Waals surface area contributed by atoms with Crippen LogP contribution in [0.5, 0.6) is 17.2 Å². The molecule has 0 bridgehead atoms. The summed E-state index contributed by atoms with van der Waals surface area (Å²) >= 11 is 0. The summed E-state index contributed by atoms with van der Waals surface area (Å²) in [5.74, 6) is 7.54. The Bertz CT molecular complexity index is 793. The third-order valence-corrected chi connectivity index (χ3v) is 3.32. The van der Waals surface area contributed by atoms with E-state index in [0.29, 0.717) is 22.9 Å². The van der Waals surface area contributed by atoms with Gasteiger partial charge in [-0.15, -0.1) is 0 Å². The van der Waals surface area contributed by atoms with E-state index in [-0.39, 0.29) is 12.6 Å². The van der Waals surface area contributed by atoms with Crippen molar-refractivity contribution in [1.29, 1.82) is 0 Å². The van der Waals surface area contributed by atoms with Crippen molar-refractivity contribution in [2.75, 3.05) is 33.2 Å². The number of para-hydroxylation sites is 2. The topological polar surface area (TPSA) is 68.8 Å². The minimum Gasteiger partial charge on any atom is -0.495 e. The maximum atomic E-state index is 12.0. The van der Waals surface area contributed by atoms with Gasteiger partial charge in [0.1, 0.15) is 5.75 Å². The first kappa shape index (κ1) is 18.0. The highest BCUT2D eigenvalue weighted by Gasteiger charge is 2.11. The Morgan fingerprint density at radius 3 is 2.40 bits per heavy atom. The number of rotatable bonds is 5. The smallest absolute Gasteiger partial charge is 0.320 e. The molecule has 2 rings (SSSR count). The van der Waals surface area contributed by atoms with Crippen LogP contribution in [0, 0.1) is 11.8 Å². The van der Waals surface area contributed by atoms with E-state index in [1.165, 1.54) is 14.2 Å². The predicted molar refractivity (Wildman–Crippen MR) is 96.4 cm³/mol. The number of hydrogen-bond donors (Lipinski definition) is 2. The average molecular weight is 340 g/mol. The van der Waals surface area contributed by atoms with Crippen LogP contribution in [0.1, 0.15) is 5.56 Å². The molecule has 0 aliphatic heterocycles. The Balaban J connectivity index is 1.95. The van der Waals surface area contributed by atoms with Crippen LogP contribution in [0.15, 0.2) is 42.5 Å². The summed E-state index contributed by atoms with van der Waals surface area (Å²) in [5, 5.41) is 5.38. The van der Waals surface area contributed by atoms with Crippen LogP contribution in [-0.2, 0) is 0 Å². The molecule has 0 heterocycles. The van der Waals surface area contributed by atoms with E-state index >= 15 is 0 Å². The highest BCUT2D eigenvalue weighted by Crippen LogP contribution is 2.34. The van der Waals surface area contributed by atoms with Gasteiger partial charge in [0.25, 0.3) is 0 Å². The van der Waals surface area contributed by atoms with Gasteiger partial charge in [-0.3, -0.25) is 0 Å². The first-order chi connectivity index (χ1) is 12.2. The van der Waals surface area contributed by atoms with Crippen LogP contribution < -0.4 is 24.8 Å². The molecular weight excluding hydrogens is 320 g/mol. The van der Waals surface area contributed by atoms with Crippen LogP contribution in [-0.4, -0.2) is 33.9 Å². The summed E-state index contributed by atoms with van der Waals surface area (Å²) in [6.45, 7) is 0.191. The van der Waals surface area contributed by atoms with Gasteiger partial charge in [-0.05, 0) is 24.3 Å². The Labute approximate surface area is 147 Å². The second-order valence-corrected chi connectivity index (χ2v) is 4.85. The number of anilines is 1. The van der Waals surface area contributed by atoms with Gasteiger partial charge in [0.2, 0.25) is 0 Å². The number of urea groups is 1. The van der Waals surface area contributed by atoms with E-state index in [2.05, 4.69) is 22.5 Å². The highest BCUT2D eigenvalue weighted by molar-refractivity contribution is 5.91. The van der Waals surface area contributed by atoms with Gasteiger partial charge in [0.15, 0.2) is 11.5 Å². The largest absolute Gasteiger partial charge is 0.495 e. The van der Waals surface area contributed by atoms with Gasteiger partial charge in [0, 0.05) is 0 Å². The van der Waals surface area contributed by atoms with Crippen LogP contribution in [0.4, 0.5) is 10.5 Å². The van der Waals surface area contributed by atoms with Gasteiger partial charge in [-0.1, -0.05) is 30.0 Å². The first-order valence-corrected chi connectivity index (χ1v) is 7.57. The lowest BCUT2D eigenvalue weighted by atomic mass is 10.2. The van der Waals surface area contributed by atoms with Crippen LogP contribution >= 0.6 is 0 Å². The molecule has 0 unspecified atom stereocenters. The quantitative estimate of drug-likeness (QED) is 0.821. The van der Waals surface area contributed by atoms with Crippen LogP contribution in [0.2, 0.25) is 0 Å². The number of carbonyl (C=O) groups excluding carboxylic acids is 1. The highest BCUT2D eigenvalue weighted by atomic mass is 16.5. The van der Waals surface area contributed by atoms with Crippen molar-refractivity contribution >= 4 is 11.7 Å². The van der Waals surface area contributed by atoms with Crippen molar-refractivity contribution < 1.29 is 19.0 Å². The number of nitrogens with one attached hydrogen (secondary N) is 2. The molecule has 0 spiro atoms. The van der Waals surface area contributed by atoms with Crippen molar-refractivity contribution in [3.63, 3.8) is 0 Å². The molecule has 0 fully saturated rings. The average Bonchev–Trinajstić information content (AvgIpc) is 2.65. The van der Waals surface area contributed by atoms with Gasteiger partial charge < -0.3 is 24.8 Å². The monoisotopic (exact) mass is 340 g/mol. The SMILES string of the molecule is COc1ccccc1C#CCNC(=O)Nc1cccc(OC)c1OC. The second kappa shape index (κ2) is 9.08. The third kappa shape index (κ3) is 4.82. The zero-order valence-electron chi connectivity index (χ0n) is 14.4. The molecule has 6 heteroatoms. The fourth-order valence-corrected chi connectivity index (χ4v) is 2.16. The molecule has 0 radical (unpaired) electrons. The van der Waals surface area contributed by atoms with Crippen molar-refractivity contribution in [2.45, 2.75) is 0 Å². The maximum Gasteiger partial charge on any atom is 0.320 e. The Morgan fingerprint density at radius 1 is 0.960 bits per heavy atom. The van der Waals surface area contributed by atoms with Crippen LogP contribution in [0.3, 0.4) is 0 Å². The molecule has 2 N–H and O–H groups in total. The van der Waals surface area contributed by atoms with Crippen molar-refractivity contribution in [1.82, 2.24) is 5.32 Å². The molecule has 0 saturated heterocycles. The molecule has 2 aromatic carbocycles. The number of methoxy groups -OCH3 is 3. The van der Waals surface area contributed by atoms with E-state index in [0.717, 1.165) is 5.56 Å². The molecule has 0 saturated carbocycles. The Hall–Kier alpha value is -3.33. The number of amides is 2. The predicted octanol–water partition coefficient (Wildman–Crippen LogP) is 2.89. The zero-order valence-corrected chi connectivity index (χ0v) is 14.4. The minimum absolute atomic E-state index is 0.191. The fourth-order valence-electron chi connectivity index (χ4n) is 2.16. The second-order valence-electron chi connectivity index (χ2n) is 4.85. The van der Waals surface area contributed by atoms with Crippen molar-refractivity contribution in [2.24, 2.45) is 0 Å². The maximum absolute atomic E-state index is 12.0. The fraction of sp³-hybridized carbons (Fsp3) is 0.211. The normalized spacial score (nSPS) is 9.40. The molecule has 0 atom stereocenters. The lowest BCUT2D eigenvalue weighted by molar-refractivity contribution is 0.253. The summed E-state index contributed by atoms with van der Waals surface area (Å²) < 4.78 is 15.7. The van der Waals surface area contributed by atoms with Gasteiger partial charge in [-0.25, -0.2) is 4.79 Å².